The second kappa shape index (κ2) is 8.80. The summed E-state index contributed by atoms with van der Waals surface area (Å²) in [5.74, 6) is 4.24. The molecule has 1 unspecified atom stereocenters. The minimum Gasteiger partial charge on any atom is -0.393 e. The van der Waals surface area contributed by atoms with Crippen molar-refractivity contribution in [2.75, 3.05) is 6.54 Å². The molecule has 0 saturated heterocycles. The van der Waals surface area contributed by atoms with Crippen LogP contribution >= 0.6 is 0 Å². The van der Waals surface area contributed by atoms with E-state index < -0.39 is 0 Å². The topological polar surface area (TPSA) is 63.4 Å². The van der Waals surface area contributed by atoms with Gasteiger partial charge < -0.3 is 5.11 Å². The van der Waals surface area contributed by atoms with Gasteiger partial charge in [0.05, 0.1) is 6.10 Å². The maximum atomic E-state index is 10.7. The normalized spacial score (nSPS) is 43.9. The summed E-state index contributed by atoms with van der Waals surface area (Å²) in [5.41, 5.74) is 2.38. The third-order valence-electron chi connectivity index (χ3n) is 10.7. The Balaban J connectivity index is 1.41. The molecule has 0 aromatic heterocycles. The van der Waals surface area contributed by atoms with Gasteiger partial charge in [-0.05, 0) is 98.2 Å². The third-order valence-corrected chi connectivity index (χ3v) is 10.7. The van der Waals surface area contributed by atoms with Gasteiger partial charge in [-0.25, -0.2) is 0 Å². The molecule has 0 radical (unpaired) electrons. The molecule has 3 fully saturated rings. The maximum Gasteiger partial charge on any atom is 0.206 e. The van der Waals surface area contributed by atoms with E-state index in [9.17, 15) is 15.2 Å². The van der Waals surface area contributed by atoms with Crippen LogP contribution in [0.1, 0.15) is 98.3 Å². The van der Waals surface area contributed by atoms with Crippen LogP contribution in [0, 0.1) is 56.5 Å². The molecule has 0 aromatic rings. The number of allylic oxidation sites excluding steroid dienone is 1. The van der Waals surface area contributed by atoms with Gasteiger partial charge in [0.25, 0.3) is 0 Å². The average molecular weight is 432 g/mol. The van der Waals surface area contributed by atoms with Crippen LogP contribution in [0.2, 0.25) is 0 Å². The summed E-state index contributed by atoms with van der Waals surface area (Å²) in [5, 5.41) is 21.0. The Labute approximate surface area is 189 Å². The minimum absolute atomic E-state index is 0.116. The average Bonchev–Trinajstić information content (AvgIpc) is 3.05. The summed E-state index contributed by atoms with van der Waals surface area (Å²) in [6.45, 7) is 9.74. The quantitative estimate of drug-likeness (QED) is 0.279. The summed E-state index contributed by atoms with van der Waals surface area (Å²) in [6.07, 6.45) is 15.6. The zero-order chi connectivity index (χ0) is 22.4. The predicted octanol–water partition coefficient (Wildman–Crippen LogP) is 6.65. The molecule has 9 atom stereocenters. The first-order valence-corrected chi connectivity index (χ1v) is 13.1. The van der Waals surface area contributed by atoms with Gasteiger partial charge in [0.15, 0.2) is 0 Å². The molecule has 4 aliphatic carbocycles. The number of nitro groups is 1. The molecule has 1 N–H and O–H groups in total. The van der Waals surface area contributed by atoms with E-state index in [4.69, 9.17) is 0 Å². The van der Waals surface area contributed by atoms with Crippen molar-refractivity contribution in [2.45, 2.75) is 104 Å². The van der Waals surface area contributed by atoms with Crippen molar-refractivity contribution >= 4 is 0 Å². The molecule has 0 aliphatic heterocycles. The van der Waals surface area contributed by atoms with Crippen LogP contribution in [0.25, 0.3) is 0 Å². The summed E-state index contributed by atoms with van der Waals surface area (Å²) >= 11 is 0. The van der Waals surface area contributed by atoms with Crippen LogP contribution in [-0.2, 0) is 0 Å². The van der Waals surface area contributed by atoms with Gasteiger partial charge in [-0.1, -0.05) is 52.2 Å². The summed E-state index contributed by atoms with van der Waals surface area (Å²) in [7, 11) is 0. The fraction of sp³-hybridized carbons (Fsp3) is 0.926. The summed E-state index contributed by atoms with van der Waals surface area (Å²) in [6, 6.07) is 0. The van der Waals surface area contributed by atoms with Crippen molar-refractivity contribution in [3.05, 3.63) is 21.8 Å². The lowest BCUT2D eigenvalue weighted by Gasteiger charge is -2.58. The Bertz CT molecular complexity index is 705. The number of aliphatic hydroxyl groups is 1. The molecule has 0 aromatic carbocycles. The number of aliphatic hydroxyl groups excluding tert-OH is 1. The van der Waals surface area contributed by atoms with E-state index in [2.05, 4.69) is 26.8 Å². The molecule has 0 spiro atoms. The van der Waals surface area contributed by atoms with E-state index in [0.717, 1.165) is 55.3 Å². The lowest BCUT2D eigenvalue weighted by molar-refractivity contribution is -0.487. The predicted molar refractivity (Wildman–Crippen MR) is 125 cm³/mol. The molecule has 176 valence electrons. The fourth-order valence-electron chi connectivity index (χ4n) is 8.95. The van der Waals surface area contributed by atoms with Gasteiger partial charge in [-0.2, -0.15) is 0 Å². The molecule has 4 rings (SSSR count). The number of hydrogen-bond donors (Lipinski definition) is 1. The van der Waals surface area contributed by atoms with Gasteiger partial charge in [0, 0.05) is 10.8 Å². The largest absolute Gasteiger partial charge is 0.393 e. The number of fused-ring (bicyclic) bond motifs is 5. The molecule has 0 heterocycles. The standard InChI is InChI=1S/C27H45NO3/c1-18(17-28(30)31)6-5-7-19(2)23-10-11-24-22-9-8-20-16-21(29)12-14-26(20,3)25(22)13-15-27(23,24)4/h8,18-19,21-25,29H,5-7,9-17H2,1-4H3/t18?,19-,21+,22+,23-,24+,25+,26+,27-/m1/s1. The third kappa shape index (κ3) is 4.23. The lowest BCUT2D eigenvalue weighted by atomic mass is 9.47. The van der Waals surface area contributed by atoms with E-state index in [0.29, 0.717) is 10.8 Å². The highest BCUT2D eigenvalue weighted by atomic mass is 16.6. The molecule has 0 bridgehead atoms. The van der Waals surface area contributed by atoms with E-state index in [-0.39, 0.29) is 23.5 Å². The highest BCUT2D eigenvalue weighted by Gasteiger charge is 2.59. The Hall–Kier alpha value is -0.900. The summed E-state index contributed by atoms with van der Waals surface area (Å²) in [4.78, 5) is 10.6. The highest BCUT2D eigenvalue weighted by Crippen LogP contribution is 2.67. The molecular weight excluding hydrogens is 386 g/mol. The minimum atomic E-state index is -0.160. The molecule has 4 aliphatic rings. The van der Waals surface area contributed by atoms with Crippen LogP contribution in [0.3, 0.4) is 0 Å². The van der Waals surface area contributed by atoms with Crippen molar-refractivity contribution in [3.63, 3.8) is 0 Å². The molecule has 0 amide bonds. The molecule has 4 nitrogen and oxygen atoms in total. The van der Waals surface area contributed by atoms with Crippen LogP contribution in [-0.4, -0.2) is 22.7 Å². The van der Waals surface area contributed by atoms with Gasteiger partial charge in [0.2, 0.25) is 6.54 Å². The zero-order valence-corrected chi connectivity index (χ0v) is 20.3. The zero-order valence-electron chi connectivity index (χ0n) is 20.3. The van der Waals surface area contributed by atoms with E-state index in [1.54, 1.807) is 5.57 Å². The Kier molecular flexibility index (Phi) is 6.60. The van der Waals surface area contributed by atoms with Gasteiger partial charge in [-0.15, -0.1) is 0 Å². The molecular formula is C27H45NO3. The second-order valence-electron chi connectivity index (χ2n) is 12.4. The van der Waals surface area contributed by atoms with Crippen molar-refractivity contribution in [3.8, 4) is 0 Å². The molecule has 4 heteroatoms. The summed E-state index contributed by atoms with van der Waals surface area (Å²) < 4.78 is 0. The van der Waals surface area contributed by atoms with E-state index >= 15 is 0 Å². The van der Waals surface area contributed by atoms with Gasteiger partial charge in [-0.3, -0.25) is 10.1 Å². The van der Waals surface area contributed by atoms with E-state index in [1.165, 1.54) is 44.9 Å². The highest BCUT2D eigenvalue weighted by molar-refractivity contribution is 5.25. The lowest BCUT2D eigenvalue weighted by Crippen LogP contribution is -2.50. The van der Waals surface area contributed by atoms with Gasteiger partial charge in [0.1, 0.15) is 0 Å². The van der Waals surface area contributed by atoms with Crippen LogP contribution in [0.5, 0.6) is 0 Å². The number of rotatable bonds is 7. The first-order valence-electron chi connectivity index (χ1n) is 13.1. The Morgan fingerprint density at radius 1 is 1.13 bits per heavy atom. The smallest absolute Gasteiger partial charge is 0.206 e. The second-order valence-corrected chi connectivity index (χ2v) is 12.4. The number of hydrogen-bond acceptors (Lipinski definition) is 3. The first kappa shape index (κ1) is 23.3. The SMILES string of the molecule is CC(CCC[C@@H](C)[C@H]1CC[C@H]2[C@@H]3CC=C4C[C@@H](O)CC[C@]4(C)[C@H]3CC[C@]12C)C[N+](=O)[O-]. The fourth-order valence-corrected chi connectivity index (χ4v) is 8.95. The van der Waals surface area contributed by atoms with Crippen LogP contribution in [0.15, 0.2) is 11.6 Å². The Morgan fingerprint density at radius 2 is 1.90 bits per heavy atom. The Morgan fingerprint density at radius 3 is 2.65 bits per heavy atom. The van der Waals surface area contributed by atoms with Crippen LogP contribution in [0.4, 0.5) is 0 Å². The van der Waals surface area contributed by atoms with Crippen molar-refractivity contribution in [1.82, 2.24) is 0 Å². The van der Waals surface area contributed by atoms with Crippen molar-refractivity contribution in [1.29, 1.82) is 0 Å². The van der Waals surface area contributed by atoms with Crippen molar-refractivity contribution < 1.29 is 10.0 Å². The monoisotopic (exact) mass is 431 g/mol. The van der Waals surface area contributed by atoms with Crippen LogP contribution < -0.4 is 0 Å². The molecule has 31 heavy (non-hydrogen) atoms. The van der Waals surface area contributed by atoms with E-state index in [1.807, 2.05) is 6.92 Å². The van der Waals surface area contributed by atoms with Crippen molar-refractivity contribution in [2.24, 2.45) is 46.3 Å². The molecule has 3 saturated carbocycles. The number of nitrogens with zero attached hydrogens (tertiary/aromatic N) is 1. The maximum absolute atomic E-state index is 10.7. The van der Waals surface area contributed by atoms with Gasteiger partial charge >= 0.3 is 0 Å². The first-order chi connectivity index (χ1) is 14.6.